The van der Waals surface area contributed by atoms with Crippen LogP contribution < -0.4 is 0 Å². The van der Waals surface area contributed by atoms with Crippen LogP contribution in [0, 0.1) is 5.41 Å². The van der Waals surface area contributed by atoms with Gasteiger partial charge in [-0.3, -0.25) is 0 Å². The molecule has 1 heterocycles. The molecular formula is C15H20Se. The molecule has 0 aliphatic carbocycles. The van der Waals surface area contributed by atoms with E-state index in [0.717, 1.165) is 4.82 Å². The molecule has 0 bridgehead atoms. The summed E-state index contributed by atoms with van der Waals surface area (Å²) in [5.74, 6) is 0. The molecular weight excluding hydrogens is 259 g/mol. The summed E-state index contributed by atoms with van der Waals surface area (Å²) < 4.78 is 1.66. The Kier molecular flexibility index (Phi) is 3.28. The molecule has 0 fully saturated rings. The van der Waals surface area contributed by atoms with Gasteiger partial charge in [-0.15, -0.1) is 0 Å². The van der Waals surface area contributed by atoms with Crippen molar-refractivity contribution in [2.24, 2.45) is 5.41 Å². The average molecular weight is 279 g/mol. The van der Waals surface area contributed by atoms with Gasteiger partial charge in [0.05, 0.1) is 0 Å². The SMILES string of the molecule is CCC1[Se]C(C(C)(C)C)=Cc2ccccc21. The van der Waals surface area contributed by atoms with E-state index < -0.39 is 0 Å². The maximum absolute atomic E-state index is 2.43. The van der Waals surface area contributed by atoms with Gasteiger partial charge in [0.2, 0.25) is 0 Å². The molecule has 1 aliphatic heterocycles. The number of fused-ring (bicyclic) bond motifs is 1. The summed E-state index contributed by atoms with van der Waals surface area (Å²) in [4.78, 5) is 0.780. The third kappa shape index (κ3) is 2.26. The molecule has 1 heteroatoms. The molecule has 1 unspecified atom stereocenters. The van der Waals surface area contributed by atoms with E-state index in [0.29, 0.717) is 20.4 Å². The number of benzene rings is 1. The van der Waals surface area contributed by atoms with Crippen molar-refractivity contribution < 1.29 is 0 Å². The maximum atomic E-state index is 2.43. The fourth-order valence-electron chi connectivity index (χ4n) is 2.02. The van der Waals surface area contributed by atoms with Crippen LogP contribution in [0.25, 0.3) is 6.08 Å². The summed E-state index contributed by atoms with van der Waals surface area (Å²) in [6.45, 7) is 9.32. The first-order chi connectivity index (χ1) is 7.52. The molecule has 1 aliphatic rings. The summed E-state index contributed by atoms with van der Waals surface area (Å²) in [6.07, 6.45) is 3.70. The Bertz CT molecular complexity index is 410. The fourth-order valence-corrected chi connectivity index (χ4v) is 4.88. The van der Waals surface area contributed by atoms with Crippen molar-refractivity contribution in [2.75, 3.05) is 0 Å². The molecule has 0 radical (unpaired) electrons. The summed E-state index contributed by atoms with van der Waals surface area (Å²) in [6, 6.07) is 8.90. The topological polar surface area (TPSA) is 0 Å². The van der Waals surface area contributed by atoms with Crippen LogP contribution in [0.1, 0.15) is 50.1 Å². The van der Waals surface area contributed by atoms with Crippen LogP contribution in [-0.2, 0) is 0 Å². The van der Waals surface area contributed by atoms with Gasteiger partial charge in [0, 0.05) is 0 Å². The van der Waals surface area contributed by atoms with Crippen molar-refractivity contribution in [2.45, 2.75) is 38.9 Å². The van der Waals surface area contributed by atoms with Gasteiger partial charge in [-0.1, -0.05) is 0 Å². The van der Waals surface area contributed by atoms with Gasteiger partial charge in [0.1, 0.15) is 0 Å². The molecule has 0 amide bonds. The first-order valence-electron chi connectivity index (χ1n) is 6.00. The van der Waals surface area contributed by atoms with Gasteiger partial charge in [0.15, 0.2) is 0 Å². The second-order valence-corrected chi connectivity index (χ2v) is 8.01. The van der Waals surface area contributed by atoms with Crippen LogP contribution in [0.4, 0.5) is 0 Å². The van der Waals surface area contributed by atoms with Crippen molar-refractivity contribution in [3.8, 4) is 0 Å². The Balaban J connectivity index is 2.47. The third-order valence-electron chi connectivity index (χ3n) is 3.01. The predicted molar refractivity (Wildman–Crippen MR) is 72.7 cm³/mol. The summed E-state index contributed by atoms with van der Waals surface area (Å²) in [5.41, 5.74) is 3.35. The van der Waals surface area contributed by atoms with E-state index in [1.165, 1.54) is 12.0 Å². The van der Waals surface area contributed by atoms with Crippen molar-refractivity contribution in [3.05, 3.63) is 39.9 Å². The Hall–Kier alpha value is -0.521. The Labute approximate surface area is 105 Å². The van der Waals surface area contributed by atoms with E-state index in [2.05, 4.69) is 58.0 Å². The minimum atomic E-state index is 0.334. The number of rotatable bonds is 1. The molecule has 0 aromatic heterocycles. The van der Waals surface area contributed by atoms with Gasteiger partial charge in [-0.25, -0.2) is 0 Å². The second kappa shape index (κ2) is 4.39. The molecule has 0 saturated heterocycles. The molecule has 0 N–H and O–H groups in total. The van der Waals surface area contributed by atoms with Crippen LogP contribution in [-0.4, -0.2) is 15.0 Å². The van der Waals surface area contributed by atoms with E-state index in [4.69, 9.17) is 0 Å². The van der Waals surface area contributed by atoms with Crippen molar-refractivity contribution in [3.63, 3.8) is 0 Å². The molecule has 0 nitrogen and oxygen atoms in total. The van der Waals surface area contributed by atoms with Crippen LogP contribution in [0.5, 0.6) is 0 Å². The first-order valence-corrected chi connectivity index (χ1v) is 7.84. The molecule has 2 rings (SSSR count). The van der Waals surface area contributed by atoms with Gasteiger partial charge in [0.25, 0.3) is 0 Å². The van der Waals surface area contributed by atoms with Gasteiger partial charge in [-0.2, -0.15) is 0 Å². The van der Waals surface area contributed by atoms with Crippen LogP contribution >= 0.6 is 0 Å². The van der Waals surface area contributed by atoms with E-state index in [-0.39, 0.29) is 0 Å². The molecule has 1 aromatic rings. The van der Waals surface area contributed by atoms with Gasteiger partial charge >= 0.3 is 105 Å². The first kappa shape index (κ1) is 12.0. The van der Waals surface area contributed by atoms with Crippen molar-refractivity contribution in [1.29, 1.82) is 0 Å². The van der Waals surface area contributed by atoms with E-state index in [9.17, 15) is 0 Å². The summed E-state index contributed by atoms with van der Waals surface area (Å²) in [5, 5.41) is 0. The average Bonchev–Trinajstić information content (AvgIpc) is 2.26. The predicted octanol–water partition coefficient (Wildman–Crippen LogP) is 4.24. The van der Waals surface area contributed by atoms with E-state index in [1.807, 2.05) is 0 Å². The van der Waals surface area contributed by atoms with Crippen LogP contribution in [0.15, 0.2) is 28.7 Å². The van der Waals surface area contributed by atoms with Gasteiger partial charge in [-0.05, 0) is 0 Å². The Morgan fingerprint density at radius 2 is 1.88 bits per heavy atom. The van der Waals surface area contributed by atoms with Crippen LogP contribution in [0.2, 0.25) is 0 Å². The molecule has 86 valence electrons. The zero-order chi connectivity index (χ0) is 11.8. The zero-order valence-corrected chi connectivity index (χ0v) is 12.3. The second-order valence-electron chi connectivity index (χ2n) is 5.40. The number of hydrogen-bond donors (Lipinski definition) is 0. The van der Waals surface area contributed by atoms with Crippen LogP contribution in [0.3, 0.4) is 0 Å². The minimum absolute atomic E-state index is 0.334. The normalized spacial score (nSPS) is 20.2. The summed E-state index contributed by atoms with van der Waals surface area (Å²) >= 11 is 0.626. The Morgan fingerprint density at radius 1 is 1.19 bits per heavy atom. The fraction of sp³-hybridized carbons (Fsp3) is 0.467. The molecule has 0 saturated carbocycles. The van der Waals surface area contributed by atoms with E-state index in [1.54, 1.807) is 10.0 Å². The monoisotopic (exact) mass is 280 g/mol. The van der Waals surface area contributed by atoms with Crippen molar-refractivity contribution in [1.82, 2.24) is 0 Å². The number of allylic oxidation sites excluding steroid dienone is 1. The number of hydrogen-bond acceptors (Lipinski definition) is 0. The molecule has 1 atom stereocenters. The van der Waals surface area contributed by atoms with E-state index >= 15 is 0 Å². The Morgan fingerprint density at radius 3 is 2.50 bits per heavy atom. The quantitative estimate of drug-likeness (QED) is 0.674. The third-order valence-corrected chi connectivity index (χ3v) is 6.90. The molecule has 1 aromatic carbocycles. The molecule has 0 spiro atoms. The standard InChI is InChI=1S/C15H20Se/c1-5-13-12-9-7-6-8-11(12)10-14(16-13)15(2,3)4/h6-10,13H,5H2,1-4H3. The summed E-state index contributed by atoms with van der Waals surface area (Å²) in [7, 11) is 0. The molecule has 16 heavy (non-hydrogen) atoms. The van der Waals surface area contributed by atoms with Gasteiger partial charge < -0.3 is 0 Å². The van der Waals surface area contributed by atoms with Crippen molar-refractivity contribution >= 4 is 21.0 Å². The zero-order valence-electron chi connectivity index (χ0n) is 10.6.